The van der Waals surface area contributed by atoms with Gasteiger partial charge in [-0.15, -0.1) is 0 Å². The van der Waals surface area contributed by atoms with Crippen molar-refractivity contribution in [1.82, 2.24) is 10.2 Å². The molecule has 1 unspecified atom stereocenters. The number of allylic oxidation sites excluding steroid dienone is 1. The zero-order valence-electron chi connectivity index (χ0n) is 19.1. The number of rotatable bonds is 7. The first-order valence-corrected chi connectivity index (χ1v) is 10.7. The number of hydrogen-bond acceptors (Lipinski definition) is 5. The van der Waals surface area contributed by atoms with Crippen molar-refractivity contribution in [2.45, 2.75) is 26.8 Å². The van der Waals surface area contributed by atoms with Gasteiger partial charge in [-0.05, 0) is 62.7 Å². The Labute approximate surface area is 192 Å². The molecule has 0 saturated carbocycles. The number of carbonyl (C=O) groups excluding carboxylic acids is 3. The monoisotopic (exact) mass is 452 g/mol. The minimum absolute atomic E-state index is 0.218. The van der Waals surface area contributed by atoms with E-state index in [1.807, 2.05) is 6.92 Å². The van der Waals surface area contributed by atoms with Crippen LogP contribution in [0.5, 0.6) is 5.75 Å². The average Bonchev–Trinajstić information content (AvgIpc) is 2.79. The molecule has 0 saturated heterocycles. The topological polar surface area (TPSA) is 109 Å². The maximum Gasteiger partial charge on any atom is 0.338 e. The molecule has 0 spiro atoms. The number of carbonyl (C=O) groups is 3. The second kappa shape index (κ2) is 10.5. The summed E-state index contributed by atoms with van der Waals surface area (Å²) in [6.45, 7) is 5.92. The fourth-order valence-corrected chi connectivity index (χ4v) is 3.65. The fourth-order valence-electron chi connectivity index (χ4n) is 3.65. The summed E-state index contributed by atoms with van der Waals surface area (Å²) in [4.78, 5) is 39.3. The number of methoxy groups -OCH3 is 1. The van der Waals surface area contributed by atoms with Crippen LogP contribution in [-0.2, 0) is 9.53 Å². The number of ether oxygens (including phenoxy) is 2. The van der Waals surface area contributed by atoms with Crippen LogP contribution in [0, 0.1) is 0 Å². The molecule has 1 aliphatic rings. The number of esters is 1. The molecule has 9 nitrogen and oxygen atoms in total. The zero-order chi connectivity index (χ0) is 24.0. The van der Waals surface area contributed by atoms with Gasteiger partial charge in [-0.2, -0.15) is 0 Å². The van der Waals surface area contributed by atoms with Gasteiger partial charge in [0.15, 0.2) is 0 Å². The van der Waals surface area contributed by atoms with E-state index in [-0.39, 0.29) is 12.6 Å². The van der Waals surface area contributed by atoms with Crippen molar-refractivity contribution in [2.75, 3.05) is 30.9 Å². The lowest BCUT2D eigenvalue weighted by Crippen LogP contribution is -2.47. The Bertz CT molecular complexity index is 1060. The molecule has 174 valence electrons. The summed E-state index contributed by atoms with van der Waals surface area (Å²) in [5.74, 6) is 0.194. The minimum Gasteiger partial charge on any atom is -0.497 e. The van der Waals surface area contributed by atoms with Crippen LogP contribution in [0.3, 0.4) is 0 Å². The molecule has 3 rings (SSSR count). The van der Waals surface area contributed by atoms with E-state index in [1.165, 1.54) is 4.90 Å². The van der Waals surface area contributed by atoms with Crippen LogP contribution in [0.25, 0.3) is 0 Å². The van der Waals surface area contributed by atoms with Gasteiger partial charge in [0, 0.05) is 23.6 Å². The summed E-state index contributed by atoms with van der Waals surface area (Å²) >= 11 is 0. The Morgan fingerprint density at radius 3 is 2.39 bits per heavy atom. The molecule has 33 heavy (non-hydrogen) atoms. The average molecular weight is 453 g/mol. The highest BCUT2D eigenvalue weighted by atomic mass is 16.5. The standard InChI is InChI=1S/C24H28N4O5/c1-5-28-15(3)20(22(29)33-6-2)21(27-24(28)31)16-8-7-9-18(14-16)26-23(30)25-17-10-12-19(32-4)13-11-17/h7-14,21H,5-6H2,1-4H3,(H,27,31)(H2,25,26,30). The highest BCUT2D eigenvalue weighted by Crippen LogP contribution is 2.32. The normalized spacial score (nSPS) is 15.6. The van der Waals surface area contributed by atoms with E-state index in [2.05, 4.69) is 16.0 Å². The smallest absolute Gasteiger partial charge is 0.338 e. The molecule has 4 amide bonds. The van der Waals surface area contributed by atoms with Crippen molar-refractivity contribution >= 4 is 29.4 Å². The van der Waals surface area contributed by atoms with Gasteiger partial charge in [0.2, 0.25) is 0 Å². The lowest BCUT2D eigenvalue weighted by molar-refractivity contribution is -0.139. The highest BCUT2D eigenvalue weighted by molar-refractivity contribution is 6.00. The quantitative estimate of drug-likeness (QED) is 0.544. The van der Waals surface area contributed by atoms with Gasteiger partial charge in [-0.1, -0.05) is 12.1 Å². The Morgan fingerprint density at radius 1 is 1.06 bits per heavy atom. The first kappa shape index (κ1) is 23.6. The SMILES string of the molecule is CCOC(=O)C1=C(C)N(CC)C(=O)NC1c1cccc(NC(=O)Nc2ccc(OC)cc2)c1. The first-order chi connectivity index (χ1) is 15.9. The molecule has 0 aliphatic carbocycles. The molecule has 2 aromatic carbocycles. The number of urea groups is 2. The van der Waals surface area contributed by atoms with Gasteiger partial charge >= 0.3 is 18.0 Å². The maximum atomic E-state index is 12.7. The molecule has 0 radical (unpaired) electrons. The number of benzene rings is 2. The molecule has 3 N–H and O–H groups in total. The van der Waals surface area contributed by atoms with Crippen LogP contribution >= 0.6 is 0 Å². The van der Waals surface area contributed by atoms with Gasteiger partial charge in [0.25, 0.3) is 0 Å². The van der Waals surface area contributed by atoms with E-state index in [1.54, 1.807) is 69.5 Å². The van der Waals surface area contributed by atoms with Gasteiger partial charge in [0.1, 0.15) is 5.75 Å². The summed E-state index contributed by atoms with van der Waals surface area (Å²) in [5.41, 5.74) is 2.65. The molecule has 0 aromatic heterocycles. The van der Waals surface area contributed by atoms with E-state index in [0.29, 0.717) is 40.5 Å². The Hall–Kier alpha value is -4.01. The van der Waals surface area contributed by atoms with E-state index >= 15 is 0 Å². The predicted molar refractivity (Wildman–Crippen MR) is 125 cm³/mol. The Morgan fingerprint density at radius 2 is 1.76 bits per heavy atom. The molecule has 1 atom stereocenters. The van der Waals surface area contributed by atoms with Crippen molar-refractivity contribution in [3.63, 3.8) is 0 Å². The van der Waals surface area contributed by atoms with E-state index in [0.717, 1.165) is 0 Å². The van der Waals surface area contributed by atoms with Crippen LogP contribution in [0.1, 0.15) is 32.4 Å². The number of amides is 4. The molecule has 9 heteroatoms. The van der Waals surface area contributed by atoms with Gasteiger partial charge < -0.3 is 25.4 Å². The number of anilines is 2. The zero-order valence-corrected chi connectivity index (χ0v) is 19.1. The third-order valence-corrected chi connectivity index (χ3v) is 5.23. The van der Waals surface area contributed by atoms with Crippen molar-refractivity contribution in [3.8, 4) is 5.75 Å². The Balaban J connectivity index is 1.83. The van der Waals surface area contributed by atoms with Crippen molar-refractivity contribution < 1.29 is 23.9 Å². The van der Waals surface area contributed by atoms with E-state index < -0.39 is 18.0 Å². The largest absolute Gasteiger partial charge is 0.497 e. The van der Waals surface area contributed by atoms with Crippen molar-refractivity contribution in [2.24, 2.45) is 0 Å². The molecule has 0 bridgehead atoms. The molecule has 1 heterocycles. The minimum atomic E-state index is -0.703. The number of nitrogens with one attached hydrogen (secondary N) is 3. The van der Waals surface area contributed by atoms with E-state index in [4.69, 9.17) is 9.47 Å². The van der Waals surface area contributed by atoms with Crippen LogP contribution in [0.4, 0.5) is 21.0 Å². The summed E-state index contributed by atoms with van der Waals surface area (Å²) in [6, 6.07) is 12.5. The summed E-state index contributed by atoms with van der Waals surface area (Å²) in [5, 5.41) is 8.39. The second-order valence-electron chi connectivity index (χ2n) is 7.28. The molecular weight excluding hydrogens is 424 g/mol. The lowest BCUT2D eigenvalue weighted by atomic mass is 9.94. The van der Waals surface area contributed by atoms with Gasteiger partial charge in [0.05, 0.1) is 25.3 Å². The molecule has 0 fully saturated rings. The molecule has 1 aliphatic heterocycles. The predicted octanol–water partition coefficient (Wildman–Crippen LogP) is 4.26. The summed E-state index contributed by atoms with van der Waals surface area (Å²) in [6.07, 6.45) is 0. The van der Waals surface area contributed by atoms with Gasteiger partial charge in [-0.3, -0.25) is 4.90 Å². The second-order valence-corrected chi connectivity index (χ2v) is 7.28. The van der Waals surface area contributed by atoms with Crippen molar-refractivity contribution in [1.29, 1.82) is 0 Å². The summed E-state index contributed by atoms with van der Waals surface area (Å²) < 4.78 is 10.4. The maximum absolute atomic E-state index is 12.7. The molecule has 2 aromatic rings. The van der Waals surface area contributed by atoms with Crippen molar-refractivity contribution in [3.05, 3.63) is 65.4 Å². The van der Waals surface area contributed by atoms with Crippen LogP contribution in [-0.4, -0.2) is 43.2 Å². The molecular formula is C24H28N4O5. The van der Waals surface area contributed by atoms with Crippen LogP contribution in [0.15, 0.2) is 59.8 Å². The lowest BCUT2D eigenvalue weighted by Gasteiger charge is -2.34. The number of hydrogen-bond donors (Lipinski definition) is 3. The third kappa shape index (κ3) is 5.43. The highest BCUT2D eigenvalue weighted by Gasteiger charge is 2.35. The van der Waals surface area contributed by atoms with Gasteiger partial charge in [-0.25, -0.2) is 14.4 Å². The third-order valence-electron chi connectivity index (χ3n) is 5.23. The van der Waals surface area contributed by atoms with Crippen LogP contribution < -0.4 is 20.7 Å². The van der Waals surface area contributed by atoms with E-state index in [9.17, 15) is 14.4 Å². The number of nitrogens with zero attached hydrogens (tertiary/aromatic N) is 1. The summed E-state index contributed by atoms with van der Waals surface area (Å²) in [7, 11) is 1.57. The van der Waals surface area contributed by atoms with Crippen LogP contribution in [0.2, 0.25) is 0 Å². The fraction of sp³-hybridized carbons (Fsp3) is 0.292. The first-order valence-electron chi connectivity index (χ1n) is 10.7. The Kier molecular flexibility index (Phi) is 7.55.